The molecule has 332 valence electrons. The molecule has 63 heavy (non-hydrogen) atoms. The topological polar surface area (TPSA) is 114 Å². The highest BCUT2D eigenvalue weighted by Gasteiger charge is 2.49. The highest BCUT2D eigenvalue weighted by molar-refractivity contribution is 8.00. The Morgan fingerprint density at radius 1 is 0.635 bits per heavy atom. The molecule has 3 atom stereocenters. The van der Waals surface area contributed by atoms with Gasteiger partial charge in [-0.25, -0.2) is 4.79 Å². The maximum absolute atomic E-state index is 15.1. The van der Waals surface area contributed by atoms with Crippen LogP contribution >= 0.6 is 11.8 Å². The third-order valence-electron chi connectivity index (χ3n) is 12.8. The number of hydrogen-bond acceptors (Lipinski definition) is 6. The van der Waals surface area contributed by atoms with E-state index in [0.29, 0.717) is 0 Å². The van der Waals surface area contributed by atoms with Gasteiger partial charge in [0.1, 0.15) is 12.6 Å². The zero-order valence-electron chi connectivity index (χ0n) is 37.9. The maximum atomic E-state index is 15.1. The fraction of sp³-hybridized carbons (Fsp3) is 0.377. The first-order valence-electron chi connectivity index (χ1n) is 22.3. The van der Waals surface area contributed by atoms with Crippen LogP contribution in [0.2, 0.25) is 16.6 Å². The molecule has 5 aromatic carbocycles. The molecule has 0 fully saturated rings. The van der Waals surface area contributed by atoms with Gasteiger partial charge in [0.25, 0.3) is 0 Å². The van der Waals surface area contributed by atoms with Crippen molar-refractivity contribution in [1.82, 2.24) is 10.6 Å². The first-order chi connectivity index (χ1) is 30.2. The molecule has 0 saturated heterocycles. The van der Waals surface area contributed by atoms with E-state index in [2.05, 4.69) is 113 Å². The van der Waals surface area contributed by atoms with Crippen LogP contribution in [0.5, 0.6) is 0 Å². The minimum atomic E-state index is -2.61. The lowest BCUT2D eigenvalue weighted by Gasteiger charge is -2.46. The summed E-state index contributed by atoms with van der Waals surface area (Å²) in [6.07, 6.45) is -1.79. The molecule has 10 heteroatoms. The van der Waals surface area contributed by atoms with Gasteiger partial charge in [-0.3, -0.25) is 9.59 Å². The monoisotopic (exact) mass is 884 g/mol. The molecule has 1 aliphatic rings. The highest BCUT2D eigenvalue weighted by Crippen LogP contribution is 2.49. The molecule has 1 aliphatic carbocycles. The molecule has 0 bridgehead atoms. The molecule has 0 radical (unpaired) electrons. The van der Waals surface area contributed by atoms with Crippen molar-refractivity contribution in [3.8, 4) is 11.1 Å². The summed E-state index contributed by atoms with van der Waals surface area (Å²) in [7, 11) is -2.61. The van der Waals surface area contributed by atoms with Gasteiger partial charge in [0, 0.05) is 11.7 Å². The summed E-state index contributed by atoms with van der Waals surface area (Å²) in [6, 6.07) is 45.2. The van der Waals surface area contributed by atoms with Gasteiger partial charge in [-0.05, 0) is 61.5 Å². The SMILES string of the molecule is CC(C)[C@@H](NC(=O)[C@@H](CSC(c1ccccc1)(c1ccccc1)c1ccccc1)NC(=O)OCC1c2ccccc2-c2ccccc21)[C@H](CC(=O)O)O[Si](C(C)C)(C(C)C)C(C)C. The number of amides is 2. The van der Waals surface area contributed by atoms with Gasteiger partial charge in [0.2, 0.25) is 14.2 Å². The van der Waals surface area contributed by atoms with Crippen molar-refractivity contribution in [1.29, 1.82) is 0 Å². The summed E-state index contributed by atoms with van der Waals surface area (Å²) in [5, 5.41) is 16.6. The number of carbonyl (C=O) groups is 3. The third kappa shape index (κ3) is 10.3. The fourth-order valence-electron chi connectivity index (χ4n) is 9.98. The summed E-state index contributed by atoms with van der Waals surface area (Å²) >= 11 is 1.56. The van der Waals surface area contributed by atoms with E-state index < -0.39 is 49.2 Å². The summed E-state index contributed by atoms with van der Waals surface area (Å²) in [5.74, 6) is -1.66. The number of hydrogen-bond donors (Lipinski definition) is 3. The van der Waals surface area contributed by atoms with E-state index in [4.69, 9.17) is 9.16 Å². The molecule has 0 spiro atoms. The van der Waals surface area contributed by atoms with Crippen molar-refractivity contribution in [2.75, 3.05) is 12.4 Å². The molecule has 5 aromatic rings. The van der Waals surface area contributed by atoms with Gasteiger partial charge >= 0.3 is 12.1 Å². The predicted octanol–water partition coefficient (Wildman–Crippen LogP) is 11.8. The number of carboxylic acids is 1. The number of benzene rings is 5. The molecule has 0 aromatic heterocycles. The van der Waals surface area contributed by atoms with Crippen LogP contribution in [0, 0.1) is 5.92 Å². The number of thioether (sulfide) groups is 1. The predicted molar refractivity (Wildman–Crippen MR) is 259 cm³/mol. The average molecular weight is 885 g/mol. The van der Waals surface area contributed by atoms with Gasteiger partial charge in [-0.1, -0.05) is 195 Å². The van der Waals surface area contributed by atoms with Crippen LogP contribution in [0.25, 0.3) is 11.1 Å². The van der Waals surface area contributed by atoms with Crippen LogP contribution in [0.15, 0.2) is 140 Å². The van der Waals surface area contributed by atoms with Crippen LogP contribution in [0.3, 0.4) is 0 Å². The number of nitrogens with one attached hydrogen (secondary N) is 2. The molecule has 3 N–H and O–H groups in total. The Balaban J connectivity index is 1.37. The lowest BCUT2D eigenvalue weighted by Crippen LogP contribution is -2.59. The molecule has 0 saturated carbocycles. The van der Waals surface area contributed by atoms with Crippen molar-refractivity contribution in [2.45, 2.75) is 107 Å². The Labute approximate surface area is 379 Å². The van der Waals surface area contributed by atoms with Crippen molar-refractivity contribution >= 4 is 38.0 Å². The number of carboxylic acid groups (broad SMARTS) is 1. The minimum absolute atomic E-state index is 0.0821. The number of carbonyl (C=O) groups excluding carboxylic acids is 2. The average Bonchev–Trinajstić information content (AvgIpc) is 3.59. The lowest BCUT2D eigenvalue weighted by molar-refractivity contribution is -0.140. The maximum Gasteiger partial charge on any atom is 0.407 e. The summed E-state index contributed by atoms with van der Waals surface area (Å²) < 4.78 is 12.5. The zero-order valence-corrected chi connectivity index (χ0v) is 39.7. The molecular formula is C53H64N2O6SSi. The van der Waals surface area contributed by atoms with E-state index in [1.165, 1.54) is 0 Å². The molecule has 0 unspecified atom stereocenters. The van der Waals surface area contributed by atoms with Gasteiger partial charge in [-0.2, -0.15) is 0 Å². The van der Waals surface area contributed by atoms with Crippen molar-refractivity contribution in [3.05, 3.63) is 167 Å². The van der Waals surface area contributed by atoms with Crippen molar-refractivity contribution < 1.29 is 28.7 Å². The van der Waals surface area contributed by atoms with Crippen LogP contribution in [0.1, 0.15) is 95.5 Å². The van der Waals surface area contributed by atoms with E-state index in [1.54, 1.807) is 11.8 Å². The molecule has 0 aliphatic heterocycles. The summed E-state index contributed by atoms with van der Waals surface area (Å²) in [6.45, 7) is 17.0. The first kappa shape index (κ1) is 47.3. The van der Waals surface area contributed by atoms with Crippen LogP contribution < -0.4 is 10.6 Å². The largest absolute Gasteiger partial charge is 0.481 e. The number of aliphatic carboxylic acids is 1. The van der Waals surface area contributed by atoms with Gasteiger partial charge in [0.15, 0.2) is 0 Å². The van der Waals surface area contributed by atoms with Crippen molar-refractivity contribution in [2.24, 2.45) is 5.92 Å². The number of fused-ring (bicyclic) bond motifs is 3. The molecular weight excluding hydrogens is 821 g/mol. The normalized spacial score (nSPS) is 14.3. The second-order valence-electron chi connectivity index (χ2n) is 18.0. The van der Waals surface area contributed by atoms with Crippen LogP contribution in [0.4, 0.5) is 4.79 Å². The van der Waals surface area contributed by atoms with Crippen LogP contribution in [-0.2, 0) is 23.5 Å². The molecule has 8 nitrogen and oxygen atoms in total. The van der Waals surface area contributed by atoms with Crippen molar-refractivity contribution in [3.63, 3.8) is 0 Å². The van der Waals surface area contributed by atoms with E-state index >= 15 is 4.79 Å². The first-order valence-corrected chi connectivity index (χ1v) is 25.4. The quantitative estimate of drug-likeness (QED) is 0.0527. The number of rotatable bonds is 20. The Morgan fingerprint density at radius 2 is 1.06 bits per heavy atom. The molecule has 0 heterocycles. The second kappa shape index (κ2) is 21.0. The van der Waals surface area contributed by atoms with E-state index in [1.807, 2.05) is 92.7 Å². The standard InChI is InChI=1S/C53H64N2O6SSi/c1-35(2)50(48(32-49(56)57)61-63(36(3)4,37(5)6)38(7)8)55-51(58)47(54-52(59)60-33-46-44-30-20-18-28-42(44)43-29-19-21-31-45(43)46)34-62-53(39-22-12-9-13-23-39,40-24-14-10-15-25-40)41-26-16-11-17-27-41/h9-31,35-38,46-48,50H,32-34H2,1-8H3,(H,54,59)(H,55,58)(H,56,57)/t47-,48+,50-/m1/s1. The molecule has 6 rings (SSSR count). The zero-order chi connectivity index (χ0) is 45.3. The fourth-order valence-corrected chi connectivity index (χ4v) is 17.1. The Hall–Kier alpha value is -5.16. The summed E-state index contributed by atoms with van der Waals surface area (Å²) in [4.78, 5) is 41.8. The third-order valence-corrected chi connectivity index (χ3v) is 20.6. The molecule has 2 amide bonds. The van der Waals surface area contributed by atoms with Gasteiger partial charge in [-0.15, -0.1) is 11.8 Å². The summed E-state index contributed by atoms with van der Waals surface area (Å²) in [5.41, 5.74) is 8.03. The Kier molecular flexibility index (Phi) is 15.8. The second-order valence-corrected chi connectivity index (χ2v) is 24.6. The van der Waals surface area contributed by atoms with E-state index in [9.17, 15) is 14.7 Å². The van der Waals surface area contributed by atoms with E-state index in [0.717, 1.165) is 38.9 Å². The Morgan fingerprint density at radius 3 is 1.48 bits per heavy atom. The van der Waals surface area contributed by atoms with Gasteiger partial charge in [0.05, 0.1) is 23.3 Å². The number of ether oxygens (including phenoxy) is 1. The lowest BCUT2D eigenvalue weighted by atomic mass is 9.84. The Bertz CT molecular complexity index is 2120. The van der Waals surface area contributed by atoms with Gasteiger partial charge < -0.3 is 24.9 Å². The smallest absolute Gasteiger partial charge is 0.407 e. The van der Waals surface area contributed by atoms with Crippen LogP contribution in [-0.4, -0.2) is 61.9 Å². The number of alkyl carbamates (subject to hydrolysis) is 1. The van der Waals surface area contributed by atoms with E-state index in [-0.39, 0.29) is 47.2 Å². The highest BCUT2D eigenvalue weighted by atomic mass is 32.2. The minimum Gasteiger partial charge on any atom is -0.481 e.